The number of H-pyrrole nitrogens is 1. The largest absolute Gasteiger partial charge is 0.453 e. The van der Waals surface area contributed by atoms with Crippen LogP contribution in [-0.2, 0) is 19.1 Å². The van der Waals surface area contributed by atoms with Gasteiger partial charge in [-0.1, -0.05) is 64.1 Å². The zero-order valence-electron chi connectivity index (χ0n) is 33.2. The van der Waals surface area contributed by atoms with Gasteiger partial charge in [0.2, 0.25) is 11.8 Å². The minimum atomic E-state index is -0.702. The lowest BCUT2D eigenvalue weighted by atomic mass is 9.99. The molecule has 0 aliphatic carbocycles. The highest BCUT2D eigenvalue weighted by molar-refractivity contribution is 6.05. The van der Waals surface area contributed by atoms with Gasteiger partial charge in [0, 0.05) is 36.3 Å². The van der Waals surface area contributed by atoms with Crippen LogP contribution >= 0.6 is 0 Å². The third-order valence-electron chi connectivity index (χ3n) is 11.2. The third kappa shape index (κ3) is 7.87. The highest BCUT2D eigenvalue weighted by atomic mass is 16.5. The summed E-state index contributed by atoms with van der Waals surface area (Å²) in [4.78, 5) is 72.6. The van der Waals surface area contributed by atoms with Gasteiger partial charge in [0.1, 0.15) is 23.4 Å². The van der Waals surface area contributed by atoms with E-state index in [1.807, 2.05) is 69.0 Å². The van der Waals surface area contributed by atoms with Crippen molar-refractivity contribution in [2.75, 3.05) is 27.3 Å². The summed E-state index contributed by atoms with van der Waals surface area (Å²) >= 11 is 0. The van der Waals surface area contributed by atoms with E-state index >= 15 is 0 Å². The summed E-state index contributed by atoms with van der Waals surface area (Å²) in [5.41, 5.74) is 7.49. The first kappa shape index (κ1) is 39.3. The Balaban J connectivity index is 1.06. The molecule has 4 amide bonds. The second kappa shape index (κ2) is 16.6. The summed E-state index contributed by atoms with van der Waals surface area (Å²) in [6, 6.07) is 10.4. The summed E-state index contributed by atoms with van der Waals surface area (Å²) in [5, 5.41) is 5.40. The maximum Gasteiger partial charge on any atom is 0.407 e. The van der Waals surface area contributed by atoms with Crippen molar-refractivity contribution < 1.29 is 33.1 Å². The number of nitrogens with one attached hydrogen (secondary N) is 3. The minimum absolute atomic E-state index is 0.112. The van der Waals surface area contributed by atoms with E-state index in [4.69, 9.17) is 18.9 Å². The Morgan fingerprint density at radius 2 is 1.37 bits per heavy atom. The van der Waals surface area contributed by atoms with Gasteiger partial charge in [-0.05, 0) is 54.7 Å². The van der Waals surface area contributed by atoms with Crippen LogP contribution in [0, 0.1) is 11.8 Å². The normalized spacial score (nSPS) is 19.2. The molecule has 0 bridgehead atoms. The van der Waals surface area contributed by atoms with E-state index in [9.17, 15) is 19.2 Å². The number of oxazole rings is 1. The number of allylic oxidation sites excluding steroid dienone is 1. The fourth-order valence-electron chi connectivity index (χ4n) is 8.14. The first-order valence-electron chi connectivity index (χ1n) is 19.6. The van der Waals surface area contributed by atoms with E-state index in [-0.39, 0.29) is 35.7 Å². The molecule has 300 valence electrons. The van der Waals surface area contributed by atoms with Gasteiger partial charge in [0.15, 0.2) is 12.0 Å². The average Bonchev–Trinajstić information content (AvgIpc) is 4.07. The lowest BCUT2D eigenvalue weighted by Crippen LogP contribution is -2.53. The number of nitrogens with zero attached hydrogens (tertiary/aromatic N) is 5. The van der Waals surface area contributed by atoms with E-state index in [2.05, 4.69) is 31.7 Å². The number of likely N-dealkylation sites (tertiary alicyclic amines) is 2. The molecular formula is C42H50N8O7. The molecular weight excluding hydrogens is 729 g/mol. The molecule has 2 saturated heterocycles. The Kier molecular flexibility index (Phi) is 11.4. The molecule has 4 aromatic rings. The summed E-state index contributed by atoms with van der Waals surface area (Å²) in [5.74, 6) is 0.192. The molecule has 0 unspecified atom stereocenters. The Morgan fingerprint density at radius 3 is 1.98 bits per heavy atom. The lowest BCUT2D eigenvalue weighted by molar-refractivity contribution is -0.135. The lowest BCUT2D eigenvalue weighted by Gasteiger charge is -2.30. The van der Waals surface area contributed by atoms with Gasteiger partial charge in [0.05, 0.1) is 43.9 Å². The standard InChI is InChI=1S/C42H50N8O7/c1-23(2)34(47-41(53)55-5)39(51)49-19-7-9-32(49)30-18-17-29(45-30)28-16-15-27(36-37(28)57-22-44-36)25-11-13-26(14-12-25)31-21-43-38(46-31)33-10-8-20-50(33)40(52)35(24(3)4)48-42(54)56-6/h11-17,21-24,32-35H,7-10,18-20H2,1-6H3,(H,43,46)(H,47,53)(H,48,54)/t32-,33-,34-,35-/m0/s1. The molecule has 0 spiro atoms. The molecule has 0 radical (unpaired) electrons. The van der Waals surface area contributed by atoms with E-state index in [1.54, 1.807) is 11.1 Å². The predicted molar refractivity (Wildman–Crippen MR) is 214 cm³/mol. The van der Waals surface area contributed by atoms with Crippen molar-refractivity contribution in [3.8, 4) is 22.4 Å². The first-order chi connectivity index (χ1) is 27.5. The summed E-state index contributed by atoms with van der Waals surface area (Å²) < 4.78 is 15.5. The number of carbonyl (C=O) groups excluding carboxylic acids is 4. The van der Waals surface area contributed by atoms with Gasteiger partial charge >= 0.3 is 12.2 Å². The molecule has 15 nitrogen and oxygen atoms in total. The number of benzene rings is 2. The number of fused-ring (bicyclic) bond motifs is 1. The topological polar surface area (TPSA) is 184 Å². The number of rotatable bonds is 11. The Hall–Kier alpha value is -5.99. The van der Waals surface area contributed by atoms with Crippen LogP contribution < -0.4 is 10.6 Å². The number of imidazole rings is 1. The van der Waals surface area contributed by atoms with Crippen LogP contribution in [0.4, 0.5) is 9.59 Å². The zero-order chi connectivity index (χ0) is 40.4. The van der Waals surface area contributed by atoms with Gasteiger partial charge < -0.3 is 39.3 Å². The van der Waals surface area contributed by atoms with Crippen molar-refractivity contribution in [1.82, 2.24) is 35.4 Å². The van der Waals surface area contributed by atoms with Gasteiger partial charge in [0.25, 0.3) is 0 Å². The van der Waals surface area contributed by atoms with Gasteiger partial charge in [-0.25, -0.2) is 19.6 Å². The van der Waals surface area contributed by atoms with Gasteiger partial charge in [-0.15, -0.1) is 0 Å². The van der Waals surface area contributed by atoms with Crippen molar-refractivity contribution in [2.45, 2.75) is 84.0 Å². The number of hydrogen-bond acceptors (Lipinski definition) is 10. The highest BCUT2D eigenvalue weighted by Gasteiger charge is 2.39. The van der Waals surface area contributed by atoms with Crippen molar-refractivity contribution >= 4 is 46.5 Å². The number of aliphatic imine (C=N–C) groups is 1. The number of hydrogen-bond donors (Lipinski definition) is 3. The predicted octanol–water partition coefficient (Wildman–Crippen LogP) is 6.49. The van der Waals surface area contributed by atoms with Crippen molar-refractivity contribution in [2.24, 2.45) is 16.8 Å². The van der Waals surface area contributed by atoms with Crippen LogP contribution in [0.5, 0.6) is 0 Å². The van der Waals surface area contributed by atoms with Crippen LogP contribution in [0.25, 0.3) is 39.2 Å². The molecule has 2 aromatic carbocycles. The number of ether oxygens (including phenoxy) is 2. The molecule has 0 saturated carbocycles. The van der Waals surface area contributed by atoms with Crippen LogP contribution in [0.15, 0.2) is 64.5 Å². The maximum atomic E-state index is 13.7. The van der Waals surface area contributed by atoms with E-state index in [0.717, 1.165) is 65.0 Å². The number of aromatic amines is 1. The molecule has 7 rings (SSSR count). The maximum absolute atomic E-state index is 13.7. The molecule has 57 heavy (non-hydrogen) atoms. The molecule has 3 N–H and O–H groups in total. The average molecular weight is 779 g/mol. The van der Waals surface area contributed by atoms with Crippen molar-refractivity contribution in [3.63, 3.8) is 0 Å². The third-order valence-corrected chi connectivity index (χ3v) is 11.2. The smallest absolute Gasteiger partial charge is 0.407 e. The number of aromatic nitrogens is 3. The molecule has 3 aliphatic rings. The molecule has 2 aromatic heterocycles. The number of carbonyl (C=O) groups is 4. The van der Waals surface area contributed by atoms with E-state index < -0.39 is 24.3 Å². The Labute approximate surface area is 331 Å². The summed E-state index contributed by atoms with van der Waals surface area (Å²) in [6.45, 7) is 8.78. The van der Waals surface area contributed by atoms with Gasteiger partial charge in [-0.2, -0.15) is 0 Å². The number of methoxy groups -OCH3 is 2. The van der Waals surface area contributed by atoms with Crippen molar-refractivity contribution in [3.05, 3.63) is 66.5 Å². The van der Waals surface area contributed by atoms with Crippen LogP contribution in [0.1, 0.15) is 77.2 Å². The molecule has 4 atom stereocenters. The van der Waals surface area contributed by atoms with Crippen molar-refractivity contribution in [1.29, 1.82) is 0 Å². The zero-order valence-corrected chi connectivity index (χ0v) is 33.2. The second-order valence-corrected chi connectivity index (χ2v) is 15.4. The van der Waals surface area contributed by atoms with Crippen LogP contribution in [0.3, 0.4) is 0 Å². The summed E-state index contributed by atoms with van der Waals surface area (Å²) in [6.07, 6.45) is 7.90. The van der Waals surface area contributed by atoms with E-state index in [0.29, 0.717) is 36.4 Å². The molecule has 2 fully saturated rings. The molecule has 3 aliphatic heterocycles. The van der Waals surface area contributed by atoms with Crippen LogP contribution in [0.2, 0.25) is 0 Å². The monoisotopic (exact) mass is 778 g/mol. The van der Waals surface area contributed by atoms with Gasteiger partial charge in [-0.3, -0.25) is 14.6 Å². The highest BCUT2D eigenvalue weighted by Crippen LogP contribution is 2.38. The molecule has 5 heterocycles. The van der Waals surface area contributed by atoms with Crippen LogP contribution in [-0.4, -0.2) is 99.9 Å². The fourth-order valence-corrected chi connectivity index (χ4v) is 8.14. The molecule has 15 heteroatoms. The first-order valence-corrected chi connectivity index (χ1v) is 19.6. The second-order valence-electron chi connectivity index (χ2n) is 15.4. The Bertz CT molecular complexity index is 2200. The minimum Gasteiger partial charge on any atom is -0.453 e. The van der Waals surface area contributed by atoms with E-state index in [1.165, 1.54) is 20.6 Å². The quantitative estimate of drug-likeness (QED) is 0.153. The summed E-state index contributed by atoms with van der Waals surface area (Å²) in [7, 11) is 2.57. The fraction of sp³-hybridized carbons (Fsp3) is 0.452. The number of alkyl carbamates (subject to hydrolysis) is 2. The SMILES string of the molecule is COC(=O)N[C@H](C(=O)N1CCC[C@H]1C1=NC(c2ccc(-c3ccc(-c4cnc([C@@H]5CCCN5C(=O)[C@@H](NC(=O)OC)C(C)C)[nH]4)cc3)c3ncoc23)=CC1)C(C)C. The number of amides is 4. The Morgan fingerprint density at radius 1 is 0.789 bits per heavy atom.